The SMILES string of the molecule is CCOC(=O)[C@H](C)C[C@@H](NC(=O)c1cccc(NC(C)=O)c1)C(=O)O. The van der Waals surface area contributed by atoms with Gasteiger partial charge in [0.25, 0.3) is 5.91 Å². The van der Waals surface area contributed by atoms with E-state index in [0.29, 0.717) is 5.69 Å². The first-order valence-corrected chi connectivity index (χ1v) is 7.82. The van der Waals surface area contributed by atoms with Crippen molar-refractivity contribution in [2.45, 2.75) is 33.2 Å². The number of nitrogens with one attached hydrogen (secondary N) is 2. The Hall–Kier alpha value is -2.90. The first-order valence-electron chi connectivity index (χ1n) is 7.82. The van der Waals surface area contributed by atoms with E-state index >= 15 is 0 Å². The van der Waals surface area contributed by atoms with Crippen molar-refractivity contribution in [3.63, 3.8) is 0 Å². The maximum absolute atomic E-state index is 12.3. The van der Waals surface area contributed by atoms with Crippen molar-refractivity contribution >= 4 is 29.4 Å². The zero-order valence-corrected chi connectivity index (χ0v) is 14.4. The summed E-state index contributed by atoms with van der Waals surface area (Å²) in [5.74, 6) is -3.34. The summed E-state index contributed by atoms with van der Waals surface area (Å²) < 4.78 is 4.84. The standard InChI is InChI=1S/C17H22N2O6/c1-4-25-17(24)10(2)8-14(16(22)23)19-15(21)12-6-5-7-13(9-12)18-11(3)20/h5-7,9-10,14H,4,8H2,1-3H3,(H,18,20)(H,19,21)(H,22,23)/t10-,14-/m1/s1. The van der Waals surface area contributed by atoms with Gasteiger partial charge in [-0.1, -0.05) is 13.0 Å². The van der Waals surface area contributed by atoms with E-state index in [1.54, 1.807) is 19.1 Å². The molecule has 0 saturated heterocycles. The smallest absolute Gasteiger partial charge is 0.326 e. The van der Waals surface area contributed by atoms with Crippen molar-refractivity contribution < 1.29 is 29.0 Å². The highest BCUT2D eigenvalue weighted by Gasteiger charge is 2.26. The molecule has 0 radical (unpaired) electrons. The van der Waals surface area contributed by atoms with Gasteiger partial charge in [0.05, 0.1) is 12.5 Å². The minimum atomic E-state index is -1.25. The van der Waals surface area contributed by atoms with Crippen LogP contribution in [0.4, 0.5) is 5.69 Å². The van der Waals surface area contributed by atoms with E-state index in [9.17, 15) is 24.3 Å². The molecular weight excluding hydrogens is 328 g/mol. The summed E-state index contributed by atoms with van der Waals surface area (Å²) in [5.41, 5.74) is 0.619. The topological polar surface area (TPSA) is 122 Å². The van der Waals surface area contributed by atoms with E-state index in [-0.39, 0.29) is 24.5 Å². The molecule has 2 amide bonds. The molecule has 0 unspecified atom stereocenters. The molecular formula is C17H22N2O6. The van der Waals surface area contributed by atoms with E-state index in [1.807, 2.05) is 0 Å². The molecule has 25 heavy (non-hydrogen) atoms. The number of hydrogen-bond acceptors (Lipinski definition) is 5. The second kappa shape index (κ2) is 9.41. The Morgan fingerprint density at radius 1 is 1.24 bits per heavy atom. The average molecular weight is 350 g/mol. The largest absolute Gasteiger partial charge is 0.480 e. The molecule has 1 aromatic carbocycles. The predicted octanol–water partition coefficient (Wildman–Crippen LogP) is 1.42. The van der Waals surface area contributed by atoms with E-state index in [1.165, 1.54) is 26.0 Å². The predicted molar refractivity (Wildman–Crippen MR) is 90.0 cm³/mol. The lowest BCUT2D eigenvalue weighted by atomic mass is 10.0. The van der Waals surface area contributed by atoms with E-state index in [2.05, 4.69) is 10.6 Å². The van der Waals surface area contributed by atoms with Crippen LogP contribution < -0.4 is 10.6 Å². The highest BCUT2D eigenvalue weighted by molar-refractivity contribution is 5.98. The summed E-state index contributed by atoms with van der Waals surface area (Å²) >= 11 is 0. The molecule has 0 spiro atoms. The van der Waals surface area contributed by atoms with Gasteiger partial charge in [-0.2, -0.15) is 0 Å². The number of carboxylic acid groups (broad SMARTS) is 1. The third kappa shape index (κ3) is 6.62. The number of benzene rings is 1. The summed E-state index contributed by atoms with van der Waals surface area (Å²) in [4.78, 5) is 46.3. The Balaban J connectivity index is 2.81. The molecule has 0 aliphatic heterocycles. The van der Waals surface area contributed by atoms with Crippen LogP contribution in [0.25, 0.3) is 0 Å². The van der Waals surface area contributed by atoms with E-state index < -0.39 is 29.8 Å². The van der Waals surface area contributed by atoms with Crippen LogP contribution in [0.15, 0.2) is 24.3 Å². The number of anilines is 1. The zero-order chi connectivity index (χ0) is 19.0. The normalized spacial score (nSPS) is 12.6. The molecule has 0 aliphatic rings. The summed E-state index contributed by atoms with van der Waals surface area (Å²) in [6.45, 7) is 4.73. The molecule has 0 heterocycles. The van der Waals surface area contributed by atoms with Gasteiger partial charge in [-0.3, -0.25) is 14.4 Å². The first kappa shape index (κ1) is 20.1. The Morgan fingerprint density at radius 2 is 1.92 bits per heavy atom. The summed E-state index contributed by atoms with van der Waals surface area (Å²) in [7, 11) is 0. The molecule has 0 aliphatic carbocycles. The van der Waals surface area contributed by atoms with Crippen LogP contribution in [0, 0.1) is 5.92 Å². The van der Waals surface area contributed by atoms with Gasteiger partial charge in [0.2, 0.25) is 5.91 Å². The molecule has 136 valence electrons. The fourth-order valence-electron chi connectivity index (χ4n) is 2.14. The van der Waals surface area contributed by atoms with Crippen molar-refractivity contribution in [3.05, 3.63) is 29.8 Å². The summed E-state index contributed by atoms with van der Waals surface area (Å²) in [5, 5.41) is 14.2. The molecule has 2 atom stereocenters. The third-order valence-electron chi connectivity index (χ3n) is 3.33. The van der Waals surface area contributed by atoms with Gasteiger partial charge in [-0.05, 0) is 31.5 Å². The number of rotatable bonds is 8. The van der Waals surface area contributed by atoms with Gasteiger partial charge in [0.15, 0.2) is 0 Å². The maximum Gasteiger partial charge on any atom is 0.326 e. The first-order chi connectivity index (χ1) is 11.7. The molecule has 1 aromatic rings. The van der Waals surface area contributed by atoms with Crippen molar-refractivity contribution in [2.24, 2.45) is 5.92 Å². The number of carboxylic acids is 1. The highest BCUT2D eigenvalue weighted by atomic mass is 16.5. The van der Waals surface area contributed by atoms with Crippen LogP contribution in [0.2, 0.25) is 0 Å². The average Bonchev–Trinajstić information content (AvgIpc) is 2.53. The lowest BCUT2D eigenvalue weighted by Crippen LogP contribution is -2.42. The van der Waals surface area contributed by atoms with E-state index in [4.69, 9.17) is 4.74 Å². The molecule has 0 saturated carbocycles. The van der Waals surface area contributed by atoms with Crippen molar-refractivity contribution in [1.29, 1.82) is 0 Å². The van der Waals surface area contributed by atoms with Crippen LogP contribution in [0.5, 0.6) is 0 Å². The third-order valence-corrected chi connectivity index (χ3v) is 3.33. The molecule has 0 fully saturated rings. The highest BCUT2D eigenvalue weighted by Crippen LogP contribution is 2.13. The second-order valence-corrected chi connectivity index (χ2v) is 5.52. The zero-order valence-electron chi connectivity index (χ0n) is 14.4. The van der Waals surface area contributed by atoms with Gasteiger partial charge in [-0.25, -0.2) is 4.79 Å². The monoisotopic (exact) mass is 350 g/mol. The van der Waals surface area contributed by atoms with Gasteiger partial charge < -0.3 is 20.5 Å². The molecule has 8 nitrogen and oxygen atoms in total. The van der Waals surface area contributed by atoms with Crippen LogP contribution in [0.1, 0.15) is 37.6 Å². The lowest BCUT2D eigenvalue weighted by Gasteiger charge is -2.18. The lowest BCUT2D eigenvalue weighted by molar-refractivity contribution is -0.148. The summed E-state index contributed by atoms with van der Waals surface area (Å²) in [6.07, 6.45) is -0.0920. The second-order valence-electron chi connectivity index (χ2n) is 5.52. The Kier molecular flexibility index (Phi) is 7.58. The number of aliphatic carboxylic acids is 1. The van der Waals surface area contributed by atoms with Crippen molar-refractivity contribution in [1.82, 2.24) is 5.32 Å². The fraction of sp³-hybridized carbons (Fsp3) is 0.412. The van der Waals surface area contributed by atoms with Gasteiger partial charge >= 0.3 is 11.9 Å². The Bertz CT molecular complexity index is 658. The molecule has 3 N–H and O–H groups in total. The number of ether oxygens (including phenoxy) is 1. The quantitative estimate of drug-likeness (QED) is 0.610. The minimum Gasteiger partial charge on any atom is -0.480 e. The van der Waals surface area contributed by atoms with Crippen LogP contribution in [-0.2, 0) is 19.1 Å². The molecule has 8 heteroatoms. The maximum atomic E-state index is 12.3. The Labute approximate surface area is 145 Å². The summed E-state index contributed by atoms with van der Waals surface area (Å²) in [6, 6.07) is 4.86. The number of carbonyl (C=O) groups excluding carboxylic acids is 3. The van der Waals surface area contributed by atoms with Gasteiger partial charge in [0.1, 0.15) is 6.04 Å². The molecule has 0 bridgehead atoms. The fourth-order valence-corrected chi connectivity index (χ4v) is 2.14. The van der Waals surface area contributed by atoms with Crippen molar-refractivity contribution in [2.75, 3.05) is 11.9 Å². The number of hydrogen-bond donors (Lipinski definition) is 3. The van der Waals surface area contributed by atoms with Crippen molar-refractivity contribution in [3.8, 4) is 0 Å². The Morgan fingerprint density at radius 3 is 2.48 bits per heavy atom. The van der Waals surface area contributed by atoms with Crippen LogP contribution >= 0.6 is 0 Å². The number of carbonyl (C=O) groups is 4. The molecule has 0 aromatic heterocycles. The number of amides is 2. The van der Waals surface area contributed by atoms with Gasteiger partial charge in [0, 0.05) is 18.2 Å². The minimum absolute atomic E-state index is 0.0920. The number of esters is 1. The van der Waals surface area contributed by atoms with E-state index in [0.717, 1.165) is 0 Å². The van der Waals surface area contributed by atoms with Crippen LogP contribution in [0.3, 0.4) is 0 Å². The molecule has 1 rings (SSSR count). The van der Waals surface area contributed by atoms with Crippen LogP contribution in [-0.4, -0.2) is 41.5 Å². The van der Waals surface area contributed by atoms with Gasteiger partial charge in [-0.15, -0.1) is 0 Å².